The predicted octanol–water partition coefficient (Wildman–Crippen LogP) is 8.11. The first-order chi connectivity index (χ1) is 20.8. The van der Waals surface area contributed by atoms with Crippen molar-refractivity contribution in [2.75, 3.05) is 20.3 Å². The van der Waals surface area contributed by atoms with Crippen molar-refractivity contribution in [3.05, 3.63) is 94.7 Å². The quantitative estimate of drug-likeness (QED) is 0.0815. The molecule has 44 heavy (non-hydrogen) atoms. The number of benzene rings is 2. The van der Waals surface area contributed by atoms with Gasteiger partial charge in [0, 0.05) is 37.0 Å². The molecule has 0 amide bonds. The number of aryl methyl sites for hydroxylation is 1. The molecule has 4 rings (SSSR count). The lowest BCUT2D eigenvalue weighted by atomic mass is 9.78. The molecule has 3 aromatic rings. The molecule has 0 N–H and O–H groups in total. The second-order valence-corrected chi connectivity index (χ2v) is 18.6. The Bertz CT molecular complexity index is 1510. The minimum absolute atomic E-state index is 0.0160. The highest BCUT2D eigenvalue weighted by atomic mass is 32.2. The Morgan fingerprint density at radius 3 is 2.39 bits per heavy atom. The number of methoxy groups -OCH3 is 1. The van der Waals surface area contributed by atoms with Gasteiger partial charge in [0.15, 0.2) is 19.3 Å². The van der Waals surface area contributed by atoms with E-state index < -0.39 is 19.7 Å². The molecule has 2 aromatic carbocycles. The summed E-state index contributed by atoms with van der Waals surface area (Å²) in [4.78, 5) is 31.4. The Kier molecular flexibility index (Phi) is 10.8. The monoisotopic (exact) mass is 632 g/mol. The van der Waals surface area contributed by atoms with Crippen LogP contribution in [0.25, 0.3) is 6.08 Å². The number of allylic oxidation sites excluding steroid dienone is 1. The molecule has 1 unspecified atom stereocenters. The molecular weight excluding hydrogens is 589 g/mol. The standard InChI is InChI=1S/C35H44N2O5SSi/c1-34(2,3)44(6,7)42-25-35(19-11-12-22-41-28-13-9-8-10-14-28)24-30(43-33-36-20-21-37(33)4)31(38)29(35)23-26-15-17-27(18-16-26)32(39)40-5/h8-10,13-18,20-21,23-24H,11-12,19,22,25H2,1-7H3. The molecular formula is C35H44N2O5SSi. The van der Waals surface area contributed by atoms with E-state index >= 15 is 0 Å². The first kappa shape index (κ1) is 33.5. The molecule has 0 fully saturated rings. The third-order valence-corrected chi connectivity index (χ3v) is 14.1. The van der Waals surface area contributed by atoms with E-state index in [4.69, 9.17) is 13.9 Å². The molecule has 0 radical (unpaired) electrons. The van der Waals surface area contributed by atoms with E-state index in [9.17, 15) is 9.59 Å². The summed E-state index contributed by atoms with van der Waals surface area (Å²) in [6, 6.07) is 17.0. The molecule has 0 aliphatic heterocycles. The van der Waals surface area contributed by atoms with Crippen LogP contribution in [0.4, 0.5) is 0 Å². The Labute approximate surface area is 266 Å². The van der Waals surface area contributed by atoms with Crippen molar-refractivity contribution < 1.29 is 23.5 Å². The van der Waals surface area contributed by atoms with Crippen molar-refractivity contribution >= 4 is 37.9 Å². The van der Waals surface area contributed by atoms with Crippen LogP contribution < -0.4 is 4.74 Å². The lowest BCUT2D eigenvalue weighted by Crippen LogP contribution is -2.44. The number of para-hydroxylation sites is 1. The summed E-state index contributed by atoms with van der Waals surface area (Å²) in [6.45, 7) is 12.2. The number of thioether (sulfide) groups is 1. The fourth-order valence-corrected chi connectivity index (χ4v) is 6.81. The largest absolute Gasteiger partial charge is 0.494 e. The maximum absolute atomic E-state index is 14.2. The summed E-state index contributed by atoms with van der Waals surface area (Å²) < 4.78 is 19.6. The van der Waals surface area contributed by atoms with Gasteiger partial charge in [-0.3, -0.25) is 4.79 Å². The average molecular weight is 633 g/mol. The number of carbonyl (C=O) groups excluding carboxylic acids is 2. The summed E-state index contributed by atoms with van der Waals surface area (Å²) >= 11 is 1.39. The van der Waals surface area contributed by atoms with Gasteiger partial charge in [0.25, 0.3) is 0 Å². The number of nitrogens with zero attached hydrogens (tertiary/aromatic N) is 2. The molecule has 9 heteroatoms. The summed E-state index contributed by atoms with van der Waals surface area (Å²) in [5.41, 5.74) is 1.36. The van der Waals surface area contributed by atoms with Crippen LogP contribution in [0.2, 0.25) is 18.1 Å². The van der Waals surface area contributed by atoms with Crippen molar-refractivity contribution in [1.29, 1.82) is 0 Å². The number of aromatic nitrogens is 2. The molecule has 0 spiro atoms. The number of unbranched alkanes of at least 4 members (excludes halogenated alkanes) is 1. The number of esters is 1. The Morgan fingerprint density at radius 2 is 1.77 bits per heavy atom. The molecule has 1 aliphatic carbocycles. The van der Waals surface area contributed by atoms with Gasteiger partial charge in [0.1, 0.15) is 5.75 Å². The zero-order valence-electron chi connectivity index (χ0n) is 26.9. The highest BCUT2D eigenvalue weighted by Gasteiger charge is 2.46. The number of Topliss-reactive ketones (excluding diaryl/α,β-unsaturated/α-hetero) is 1. The van der Waals surface area contributed by atoms with Gasteiger partial charge in [0.2, 0.25) is 0 Å². The van der Waals surface area contributed by atoms with Gasteiger partial charge in [0.05, 0.1) is 24.2 Å². The maximum atomic E-state index is 14.2. The fourth-order valence-electron chi connectivity index (χ4n) is 4.76. The Morgan fingerprint density at radius 1 is 1.07 bits per heavy atom. The first-order valence-corrected chi connectivity index (χ1v) is 18.7. The molecule has 234 valence electrons. The summed E-state index contributed by atoms with van der Waals surface area (Å²) in [5, 5.41) is 0.770. The molecule has 0 saturated carbocycles. The van der Waals surface area contributed by atoms with Gasteiger partial charge in [-0.1, -0.05) is 57.2 Å². The van der Waals surface area contributed by atoms with E-state index in [0.717, 1.165) is 35.7 Å². The van der Waals surface area contributed by atoms with Crippen molar-refractivity contribution in [3.8, 4) is 5.75 Å². The number of ketones is 1. The third kappa shape index (κ3) is 8.00. The normalized spacial score (nSPS) is 18.0. The van der Waals surface area contributed by atoms with Crippen LogP contribution in [-0.2, 0) is 21.0 Å². The summed E-state index contributed by atoms with van der Waals surface area (Å²) in [6.07, 6.45) is 10.1. The number of ether oxygens (including phenoxy) is 2. The van der Waals surface area contributed by atoms with E-state index in [1.165, 1.54) is 18.9 Å². The van der Waals surface area contributed by atoms with Gasteiger partial charge in [-0.05, 0) is 85.1 Å². The lowest BCUT2D eigenvalue weighted by Gasteiger charge is -2.40. The van der Waals surface area contributed by atoms with Crippen LogP contribution in [0.3, 0.4) is 0 Å². The molecule has 7 nitrogen and oxygen atoms in total. The second-order valence-electron chi connectivity index (χ2n) is 12.8. The molecule has 1 aromatic heterocycles. The van der Waals surface area contributed by atoms with Gasteiger partial charge >= 0.3 is 5.97 Å². The van der Waals surface area contributed by atoms with Crippen LogP contribution in [0, 0.1) is 5.41 Å². The van der Waals surface area contributed by atoms with E-state index in [-0.39, 0.29) is 10.8 Å². The van der Waals surface area contributed by atoms with Crippen LogP contribution in [-0.4, -0.2) is 49.9 Å². The Balaban J connectivity index is 1.69. The SMILES string of the molecule is COC(=O)c1ccc(C=C2C(=O)C(Sc3nccn3C)=CC2(CCCCOc2ccccc2)CO[Si](C)(C)C(C)(C)C)cc1. The van der Waals surface area contributed by atoms with Crippen molar-refractivity contribution in [1.82, 2.24) is 9.55 Å². The van der Waals surface area contributed by atoms with E-state index in [1.807, 2.05) is 66.4 Å². The highest BCUT2D eigenvalue weighted by molar-refractivity contribution is 8.03. The maximum Gasteiger partial charge on any atom is 0.337 e. The topological polar surface area (TPSA) is 79.7 Å². The third-order valence-electron chi connectivity index (χ3n) is 8.56. The van der Waals surface area contributed by atoms with Crippen molar-refractivity contribution in [3.63, 3.8) is 0 Å². The highest BCUT2D eigenvalue weighted by Crippen LogP contribution is 2.49. The summed E-state index contributed by atoms with van der Waals surface area (Å²) in [5.74, 6) is 0.435. The minimum atomic E-state index is -2.15. The summed E-state index contributed by atoms with van der Waals surface area (Å²) in [7, 11) is 1.14. The average Bonchev–Trinajstić information content (AvgIpc) is 3.51. The number of rotatable bonds is 13. The molecule has 0 saturated heterocycles. The van der Waals surface area contributed by atoms with E-state index in [1.54, 1.807) is 18.3 Å². The number of hydrogen-bond donors (Lipinski definition) is 0. The zero-order chi connectivity index (χ0) is 32.0. The number of imidazole rings is 1. The van der Waals surface area contributed by atoms with Crippen LogP contribution >= 0.6 is 11.8 Å². The number of hydrogen-bond acceptors (Lipinski definition) is 7. The van der Waals surface area contributed by atoms with Crippen molar-refractivity contribution in [2.45, 2.75) is 63.3 Å². The molecule has 1 aliphatic rings. The fraction of sp³-hybridized carbons (Fsp3) is 0.400. The molecule has 1 heterocycles. The second kappa shape index (κ2) is 14.1. The van der Waals surface area contributed by atoms with Crippen LogP contribution in [0.5, 0.6) is 5.75 Å². The molecule has 1 atom stereocenters. The van der Waals surface area contributed by atoms with Gasteiger partial charge in [-0.25, -0.2) is 9.78 Å². The van der Waals surface area contributed by atoms with Gasteiger partial charge < -0.3 is 18.5 Å². The Hall–Kier alpha value is -3.40. The van der Waals surface area contributed by atoms with E-state index in [0.29, 0.717) is 29.3 Å². The van der Waals surface area contributed by atoms with E-state index in [2.05, 4.69) is 44.9 Å². The zero-order valence-corrected chi connectivity index (χ0v) is 28.7. The van der Waals surface area contributed by atoms with Gasteiger partial charge in [-0.15, -0.1) is 0 Å². The molecule has 0 bridgehead atoms. The van der Waals surface area contributed by atoms with Crippen LogP contribution in [0.1, 0.15) is 56.0 Å². The predicted molar refractivity (Wildman–Crippen MR) is 179 cm³/mol. The van der Waals surface area contributed by atoms with Crippen LogP contribution in [0.15, 0.2) is 88.7 Å². The lowest BCUT2D eigenvalue weighted by molar-refractivity contribution is -0.111. The number of carbonyl (C=O) groups is 2. The minimum Gasteiger partial charge on any atom is -0.494 e. The van der Waals surface area contributed by atoms with Crippen molar-refractivity contribution in [2.24, 2.45) is 12.5 Å². The smallest absolute Gasteiger partial charge is 0.337 e. The first-order valence-electron chi connectivity index (χ1n) is 15.0. The van der Waals surface area contributed by atoms with Gasteiger partial charge in [-0.2, -0.15) is 0 Å².